The molecular formula is C48H40O8. The molecule has 0 unspecified atom stereocenters. The van der Waals surface area contributed by atoms with Crippen molar-refractivity contribution >= 4 is 45.3 Å². The molecule has 1 aliphatic rings. The lowest BCUT2D eigenvalue weighted by atomic mass is 10.0. The van der Waals surface area contributed by atoms with Gasteiger partial charge in [-0.2, -0.15) is 0 Å². The van der Waals surface area contributed by atoms with Crippen molar-refractivity contribution in [2.45, 2.75) is 0 Å². The Kier molecular flexibility index (Phi) is 11.3. The number of ether oxygens (including phenoxy) is 6. The second-order valence-electron chi connectivity index (χ2n) is 13.2. The molecule has 0 bridgehead atoms. The van der Waals surface area contributed by atoms with E-state index in [4.69, 9.17) is 28.4 Å². The van der Waals surface area contributed by atoms with Crippen LogP contribution in [0.3, 0.4) is 0 Å². The number of fused-ring (bicyclic) bond motifs is 6. The maximum absolute atomic E-state index is 13.8. The molecule has 0 aromatic heterocycles. The first-order chi connectivity index (χ1) is 27.3. The summed E-state index contributed by atoms with van der Waals surface area (Å²) in [6.07, 6.45) is 6.45. The van der Waals surface area contributed by atoms with E-state index in [1.807, 2.05) is 72.8 Å². The molecule has 56 heavy (non-hydrogen) atoms. The zero-order chi connectivity index (χ0) is 39.0. The van der Waals surface area contributed by atoms with Gasteiger partial charge in [0.05, 0.1) is 25.3 Å². The molecule has 7 rings (SSSR count). The van der Waals surface area contributed by atoms with Crippen LogP contribution in [0.1, 0.15) is 31.8 Å². The monoisotopic (exact) mass is 744 g/mol. The molecule has 0 saturated heterocycles. The summed E-state index contributed by atoms with van der Waals surface area (Å²) in [5.74, 6) is 2.25. The molecule has 0 fully saturated rings. The van der Waals surface area contributed by atoms with E-state index in [2.05, 4.69) is 13.2 Å². The highest BCUT2D eigenvalue weighted by molar-refractivity contribution is 6.10. The van der Waals surface area contributed by atoms with Crippen molar-refractivity contribution in [3.63, 3.8) is 0 Å². The number of carbonyl (C=O) groups excluding carboxylic acids is 2. The number of ketones is 2. The van der Waals surface area contributed by atoms with Crippen LogP contribution in [0.2, 0.25) is 0 Å². The van der Waals surface area contributed by atoms with E-state index in [-0.39, 0.29) is 38.0 Å². The molecule has 0 saturated carbocycles. The molecule has 6 aromatic rings. The lowest BCUT2D eigenvalue weighted by Crippen LogP contribution is -2.12. The fourth-order valence-electron chi connectivity index (χ4n) is 6.21. The van der Waals surface area contributed by atoms with Crippen LogP contribution in [0.5, 0.6) is 34.5 Å². The van der Waals surface area contributed by atoms with Crippen molar-refractivity contribution in [1.82, 2.24) is 0 Å². The van der Waals surface area contributed by atoms with Crippen molar-refractivity contribution in [2.24, 2.45) is 0 Å². The average molecular weight is 745 g/mol. The highest BCUT2D eigenvalue weighted by Crippen LogP contribution is 2.32. The largest absolute Gasteiger partial charge is 0.497 e. The predicted octanol–water partition coefficient (Wildman–Crippen LogP) is 10.1. The first-order valence-electron chi connectivity index (χ1n) is 18.0. The van der Waals surface area contributed by atoms with E-state index in [9.17, 15) is 9.59 Å². The molecule has 280 valence electrons. The van der Waals surface area contributed by atoms with Crippen LogP contribution in [0.15, 0.2) is 146 Å². The molecule has 0 N–H and O–H groups in total. The molecule has 1 aliphatic heterocycles. The molecule has 8 heteroatoms. The summed E-state index contributed by atoms with van der Waals surface area (Å²) < 4.78 is 35.8. The lowest BCUT2D eigenvalue weighted by molar-refractivity contribution is 0.103. The SMILES string of the molecule is C=C1COc2cc3ccccc3cc2/C=C\C(=O)c2cc(OC)ccc2OCC(=C)COc2ccc(OC)cc2C(=O)/C=C\c2cc3ccccc3cc2OC1. The summed E-state index contributed by atoms with van der Waals surface area (Å²) >= 11 is 0. The molecular weight excluding hydrogens is 705 g/mol. The minimum Gasteiger partial charge on any atom is -0.497 e. The Morgan fingerprint density at radius 3 is 1.18 bits per heavy atom. The molecule has 0 spiro atoms. The van der Waals surface area contributed by atoms with Gasteiger partial charge < -0.3 is 28.4 Å². The third-order valence-corrected chi connectivity index (χ3v) is 9.22. The number of hydrogen-bond donors (Lipinski definition) is 0. The first kappa shape index (κ1) is 37.3. The molecule has 0 atom stereocenters. The van der Waals surface area contributed by atoms with Crippen molar-refractivity contribution in [3.8, 4) is 34.5 Å². The van der Waals surface area contributed by atoms with Crippen LogP contribution in [-0.4, -0.2) is 52.2 Å². The van der Waals surface area contributed by atoms with E-state index in [1.54, 1.807) is 48.6 Å². The lowest BCUT2D eigenvalue weighted by Gasteiger charge is -2.16. The van der Waals surface area contributed by atoms with E-state index in [0.717, 1.165) is 21.5 Å². The smallest absolute Gasteiger partial charge is 0.189 e. The third-order valence-electron chi connectivity index (χ3n) is 9.22. The van der Waals surface area contributed by atoms with Crippen LogP contribution < -0.4 is 28.4 Å². The molecule has 0 aliphatic carbocycles. The highest BCUT2D eigenvalue weighted by Gasteiger charge is 2.17. The van der Waals surface area contributed by atoms with E-state index < -0.39 is 0 Å². The number of benzene rings is 6. The molecule has 0 amide bonds. The summed E-state index contributed by atoms with van der Waals surface area (Å²) in [5.41, 5.74) is 3.28. The van der Waals surface area contributed by atoms with Gasteiger partial charge in [-0.1, -0.05) is 61.7 Å². The van der Waals surface area contributed by atoms with E-state index in [0.29, 0.717) is 67.9 Å². The fourth-order valence-corrected chi connectivity index (χ4v) is 6.21. The van der Waals surface area contributed by atoms with Crippen LogP contribution in [0.25, 0.3) is 33.7 Å². The zero-order valence-electron chi connectivity index (χ0n) is 31.2. The summed E-state index contributed by atoms with van der Waals surface area (Å²) in [6.45, 7) is 8.77. The van der Waals surface area contributed by atoms with Crippen molar-refractivity contribution < 1.29 is 38.0 Å². The Morgan fingerprint density at radius 2 is 0.804 bits per heavy atom. The van der Waals surface area contributed by atoms with Crippen LogP contribution in [0, 0.1) is 0 Å². The van der Waals surface area contributed by atoms with E-state index >= 15 is 0 Å². The second-order valence-corrected chi connectivity index (χ2v) is 13.2. The van der Waals surface area contributed by atoms with Crippen molar-refractivity contribution in [3.05, 3.63) is 168 Å². The van der Waals surface area contributed by atoms with Gasteiger partial charge in [0.1, 0.15) is 60.9 Å². The average Bonchev–Trinajstić information content (AvgIpc) is 3.23. The Bertz CT molecular complexity index is 2370. The second kappa shape index (κ2) is 17.0. The summed E-state index contributed by atoms with van der Waals surface area (Å²) in [7, 11) is 3.07. The number of rotatable bonds is 2. The van der Waals surface area contributed by atoms with E-state index in [1.165, 1.54) is 26.4 Å². The van der Waals surface area contributed by atoms with Gasteiger partial charge in [-0.25, -0.2) is 0 Å². The Balaban J connectivity index is 1.26. The molecule has 6 aromatic carbocycles. The standard InChI is InChI=1S/C48H40O8/c1-31-27-53-45-19-15-39(51-3)25-41(45)43(49)17-13-37-21-33-9-5-7-11-35(33)23-47(37)55-29-32(2)30-56-48-24-36-12-8-6-10-34(36)22-38(48)14-18-44(50)42-26-40(52-4)16-20-46(42)54-28-31/h5-26H,1-2,27-30H2,3-4H3/b17-13-,18-14-. The van der Waals surface area contributed by atoms with Crippen LogP contribution >= 0.6 is 0 Å². The van der Waals surface area contributed by atoms with Gasteiger partial charge in [-0.15, -0.1) is 0 Å². The zero-order valence-corrected chi connectivity index (χ0v) is 31.2. The fraction of sp³-hybridized carbons (Fsp3) is 0.125. The predicted molar refractivity (Wildman–Crippen MR) is 221 cm³/mol. The number of carbonyl (C=O) groups is 2. The van der Waals surface area contributed by atoms with Gasteiger partial charge in [0.25, 0.3) is 0 Å². The summed E-state index contributed by atoms with van der Waals surface area (Å²) in [5, 5.41) is 3.95. The van der Waals surface area contributed by atoms with Gasteiger partial charge in [0, 0.05) is 11.1 Å². The van der Waals surface area contributed by atoms with Gasteiger partial charge in [-0.05, 0) is 118 Å². The third kappa shape index (κ3) is 8.66. The summed E-state index contributed by atoms with van der Waals surface area (Å²) in [6, 6.07) is 33.8. The Labute approximate surface area is 325 Å². The van der Waals surface area contributed by atoms with Crippen molar-refractivity contribution in [2.75, 3.05) is 40.6 Å². The topological polar surface area (TPSA) is 89.5 Å². The van der Waals surface area contributed by atoms with Gasteiger partial charge in [0.15, 0.2) is 11.6 Å². The number of allylic oxidation sites excluding steroid dienone is 2. The normalized spacial score (nSPS) is 15.3. The van der Waals surface area contributed by atoms with Crippen LogP contribution in [0.4, 0.5) is 0 Å². The summed E-state index contributed by atoms with van der Waals surface area (Å²) in [4.78, 5) is 27.6. The first-order valence-corrected chi connectivity index (χ1v) is 18.0. The number of hydrogen-bond acceptors (Lipinski definition) is 8. The van der Waals surface area contributed by atoms with Crippen LogP contribution in [-0.2, 0) is 0 Å². The molecule has 8 nitrogen and oxygen atoms in total. The number of methoxy groups -OCH3 is 2. The molecule has 0 radical (unpaired) electrons. The minimum absolute atomic E-state index is 0.0486. The maximum Gasteiger partial charge on any atom is 0.189 e. The van der Waals surface area contributed by atoms with Gasteiger partial charge >= 0.3 is 0 Å². The van der Waals surface area contributed by atoms with Gasteiger partial charge in [-0.3, -0.25) is 9.59 Å². The highest BCUT2D eigenvalue weighted by atomic mass is 16.5. The van der Waals surface area contributed by atoms with Gasteiger partial charge in [0.2, 0.25) is 0 Å². The Morgan fingerprint density at radius 1 is 0.446 bits per heavy atom. The maximum atomic E-state index is 13.8. The van der Waals surface area contributed by atoms with Crippen molar-refractivity contribution in [1.29, 1.82) is 0 Å². The minimum atomic E-state index is -0.298. The molecule has 1 heterocycles. The quantitative estimate of drug-likeness (QED) is 0.162. The Hall–Kier alpha value is -7.06.